The molecule has 2 heterocycles. The molecular weight excluding hydrogens is 376 g/mol. The summed E-state index contributed by atoms with van der Waals surface area (Å²) in [5.74, 6) is -1.01. The molecule has 150 valence electrons. The van der Waals surface area contributed by atoms with Crippen LogP contribution in [0.15, 0.2) is 36.8 Å². The first-order valence-electron chi connectivity index (χ1n) is 8.82. The van der Waals surface area contributed by atoms with Gasteiger partial charge in [0.1, 0.15) is 24.3 Å². The number of carbonyl (C=O) groups is 2. The first kappa shape index (κ1) is 19.8. The molecule has 0 bridgehead atoms. The summed E-state index contributed by atoms with van der Waals surface area (Å²) in [6, 6.07) is 7.06. The summed E-state index contributed by atoms with van der Waals surface area (Å²) in [6.07, 6.45) is 3.99. The molecule has 0 radical (unpaired) electrons. The summed E-state index contributed by atoms with van der Waals surface area (Å²) < 4.78 is 5.52. The van der Waals surface area contributed by atoms with E-state index in [4.69, 9.17) is 21.0 Å². The van der Waals surface area contributed by atoms with Gasteiger partial charge in [-0.15, -0.1) is 0 Å². The number of amides is 1. The Hall–Kier alpha value is -3.95. The summed E-state index contributed by atoms with van der Waals surface area (Å²) in [5, 5.41) is 19.1. The van der Waals surface area contributed by atoms with Gasteiger partial charge in [-0.1, -0.05) is 12.1 Å². The molecule has 0 fully saturated rings. The first-order valence-corrected chi connectivity index (χ1v) is 8.82. The lowest BCUT2D eigenvalue weighted by Crippen LogP contribution is -2.32. The van der Waals surface area contributed by atoms with Crippen molar-refractivity contribution in [1.82, 2.24) is 15.3 Å². The third-order valence-corrected chi connectivity index (χ3v) is 4.26. The summed E-state index contributed by atoms with van der Waals surface area (Å²) >= 11 is 0. The molecule has 1 aliphatic heterocycles. The summed E-state index contributed by atoms with van der Waals surface area (Å²) in [5.41, 5.74) is 7.94. The Morgan fingerprint density at radius 2 is 2.10 bits per heavy atom. The fourth-order valence-corrected chi connectivity index (χ4v) is 2.81. The predicted molar refractivity (Wildman–Crippen MR) is 107 cm³/mol. The van der Waals surface area contributed by atoms with Gasteiger partial charge in [0, 0.05) is 30.2 Å². The van der Waals surface area contributed by atoms with Crippen LogP contribution in [0, 0.1) is 5.41 Å². The van der Waals surface area contributed by atoms with Crippen LogP contribution in [0.5, 0.6) is 5.88 Å². The maximum Gasteiger partial charge on any atom is 0.305 e. The average molecular weight is 396 g/mol. The van der Waals surface area contributed by atoms with Crippen LogP contribution in [0.1, 0.15) is 22.3 Å². The van der Waals surface area contributed by atoms with Crippen molar-refractivity contribution in [1.29, 1.82) is 5.41 Å². The highest BCUT2D eigenvalue weighted by atomic mass is 16.5. The number of rotatable bonds is 7. The van der Waals surface area contributed by atoms with Crippen molar-refractivity contribution < 1.29 is 19.4 Å². The molecule has 0 saturated carbocycles. The summed E-state index contributed by atoms with van der Waals surface area (Å²) in [4.78, 5) is 32.9. The molecule has 0 spiro atoms. The van der Waals surface area contributed by atoms with Gasteiger partial charge in [-0.2, -0.15) is 0 Å². The maximum absolute atomic E-state index is 12.9. The number of aromatic nitrogens is 2. The predicted octanol–water partition coefficient (Wildman–Crippen LogP) is 1.15. The van der Waals surface area contributed by atoms with Crippen LogP contribution in [0.4, 0.5) is 11.5 Å². The molecule has 1 aromatic carbocycles. The fourth-order valence-electron chi connectivity index (χ4n) is 2.81. The Balaban J connectivity index is 1.79. The van der Waals surface area contributed by atoms with Crippen molar-refractivity contribution in [3.63, 3.8) is 0 Å². The van der Waals surface area contributed by atoms with Gasteiger partial charge in [0.2, 0.25) is 5.88 Å². The summed E-state index contributed by atoms with van der Waals surface area (Å²) in [6.45, 7) is 0.837. The van der Waals surface area contributed by atoms with Crippen molar-refractivity contribution >= 4 is 35.2 Å². The highest BCUT2D eigenvalue weighted by molar-refractivity contribution is 6.11. The molecule has 10 nitrogen and oxygen atoms in total. The van der Waals surface area contributed by atoms with Gasteiger partial charge in [0.25, 0.3) is 5.91 Å². The molecule has 10 heteroatoms. The zero-order valence-corrected chi connectivity index (χ0v) is 15.5. The zero-order chi connectivity index (χ0) is 20.8. The molecule has 0 aliphatic carbocycles. The number of carboxylic acid groups (broad SMARTS) is 1. The van der Waals surface area contributed by atoms with E-state index >= 15 is 0 Å². The number of nitrogens with one attached hydrogen (secondary N) is 2. The van der Waals surface area contributed by atoms with Crippen LogP contribution in [-0.4, -0.2) is 52.9 Å². The quantitative estimate of drug-likeness (QED) is 0.401. The van der Waals surface area contributed by atoms with Crippen molar-refractivity contribution in [2.24, 2.45) is 0 Å². The minimum atomic E-state index is -0.898. The number of ether oxygens (including phenoxy) is 1. The lowest BCUT2D eigenvalue weighted by atomic mass is 10.1. The minimum Gasteiger partial charge on any atom is -0.481 e. The topological polar surface area (TPSA) is 155 Å². The SMILES string of the molecule is N=C/C(=C\NCCC(=O)O)c1ccc(N2CCOc3ncnc(N)c3C2=O)cc1. The standard InChI is InChI=1S/C19H20N6O4/c20-9-13(10-22-6-5-15(26)27)12-1-3-14(4-2-12)25-7-8-29-18-16(19(25)28)17(21)23-11-24-18/h1-4,9-11,20,22H,5-8H2,(H,26,27)(H2,21,23,24)/b13-10+,20-9?. The van der Waals surface area contributed by atoms with E-state index in [1.165, 1.54) is 17.4 Å². The van der Waals surface area contributed by atoms with Gasteiger partial charge >= 0.3 is 5.97 Å². The summed E-state index contributed by atoms with van der Waals surface area (Å²) in [7, 11) is 0. The molecular formula is C19H20N6O4. The van der Waals surface area contributed by atoms with E-state index in [1.54, 1.807) is 30.5 Å². The number of nitrogen functional groups attached to an aromatic ring is 1. The normalized spacial score (nSPS) is 13.9. The van der Waals surface area contributed by atoms with Gasteiger partial charge in [0.05, 0.1) is 13.0 Å². The van der Waals surface area contributed by atoms with Crippen molar-refractivity contribution in [3.05, 3.63) is 47.9 Å². The lowest BCUT2D eigenvalue weighted by Gasteiger charge is -2.20. The van der Waals surface area contributed by atoms with Gasteiger partial charge in [-0.05, 0) is 17.7 Å². The second kappa shape index (κ2) is 8.83. The number of aliphatic carboxylic acids is 1. The average Bonchev–Trinajstić information content (AvgIpc) is 2.88. The first-order chi connectivity index (χ1) is 14.0. The van der Waals surface area contributed by atoms with E-state index < -0.39 is 5.97 Å². The number of benzene rings is 1. The van der Waals surface area contributed by atoms with Crippen LogP contribution < -0.4 is 20.7 Å². The van der Waals surface area contributed by atoms with E-state index in [2.05, 4.69) is 15.3 Å². The molecule has 0 atom stereocenters. The number of hydrogen-bond donors (Lipinski definition) is 4. The molecule has 29 heavy (non-hydrogen) atoms. The van der Waals surface area contributed by atoms with E-state index in [0.717, 1.165) is 5.56 Å². The zero-order valence-electron chi connectivity index (χ0n) is 15.5. The Morgan fingerprint density at radius 1 is 1.34 bits per heavy atom. The third kappa shape index (κ3) is 4.49. The minimum absolute atomic E-state index is 0.0197. The Kier molecular flexibility index (Phi) is 6.03. The number of anilines is 2. The number of hydrogen-bond acceptors (Lipinski definition) is 8. The Morgan fingerprint density at radius 3 is 2.79 bits per heavy atom. The van der Waals surface area contributed by atoms with Crippen LogP contribution in [0.2, 0.25) is 0 Å². The molecule has 0 saturated heterocycles. The molecule has 2 aromatic rings. The molecule has 1 aliphatic rings. The second-order valence-electron chi connectivity index (χ2n) is 6.13. The number of carboxylic acids is 1. The number of allylic oxidation sites excluding steroid dienone is 1. The van der Waals surface area contributed by atoms with Crippen LogP contribution in [0.25, 0.3) is 5.57 Å². The van der Waals surface area contributed by atoms with E-state index in [1.807, 2.05) is 0 Å². The maximum atomic E-state index is 12.9. The second-order valence-corrected chi connectivity index (χ2v) is 6.13. The number of nitrogens with zero attached hydrogens (tertiary/aromatic N) is 3. The third-order valence-electron chi connectivity index (χ3n) is 4.26. The van der Waals surface area contributed by atoms with Gasteiger partial charge in [-0.3, -0.25) is 9.59 Å². The van der Waals surface area contributed by atoms with Crippen LogP contribution in [-0.2, 0) is 4.79 Å². The number of fused-ring (bicyclic) bond motifs is 1. The van der Waals surface area contributed by atoms with Gasteiger partial charge in [-0.25, -0.2) is 9.97 Å². The fraction of sp³-hybridized carbons (Fsp3) is 0.211. The lowest BCUT2D eigenvalue weighted by molar-refractivity contribution is -0.136. The molecule has 1 aromatic heterocycles. The Labute approximate surface area is 166 Å². The van der Waals surface area contributed by atoms with Crippen molar-refractivity contribution in [2.75, 3.05) is 30.3 Å². The van der Waals surface area contributed by atoms with Crippen molar-refractivity contribution in [3.8, 4) is 5.88 Å². The monoisotopic (exact) mass is 396 g/mol. The molecule has 3 rings (SSSR count). The van der Waals surface area contributed by atoms with Crippen molar-refractivity contribution in [2.45, 2.75) is 6.42 Å². The Bertz CT molecular complexity index is 958. The highest BCUT2D eigenvalue weighted by Gasteiger charge is 2.28. The largest absolute Gasteiger partial charge is 0.481 e. The molecule has 5 N–H and O–H groups in total. The smallest absolute Gasteiger partial charge is 0.305 e. The molecule has 1 amide bonds. The number of nitrogens with two attached hydrogens (primary N) is 1. The van der Waals surface area contributed by atoms with E-state index in [-0.39, 0.29) is 42.7 Å². The highest BCUT2D eigenvalue weighted by Crippen LogP contribution is 2.28. The van der Waals surface area contributed by atoms with E-state index in [9.17, 15) is 9.59 Å². The van der Waals surface area contributed by atoms with Gasteiger partial charge < -0.3 is 31.2 Å². The van der Waals surface area contributed by atoms with Crippen LogP contribution >= 0.6 is 0 Å². The van der Waals surface area contributed by atoms with E-state index in [0.29, 0.717) is 17.8 Å². The van der Waals surface area contributed by atoms with Gasteiger partial charge in [0.15, 0.2) is 0 Å². The molecule has 0 unspecified atom stereocenters. The van der Waals surface area contributed by atoms with Crippen LogP contribution in [0.3, 0.4) is 0 Å². The number of carbonyl (C=O) groups excluding carboxylic acids is 1.